The van der Waals surface area contributed by atoms with E-state index in [2.05, 4.69) is 45.5 Å². The van der Waals surface area contributed by atoms with Crippen LogP contribution in [0.1, 0.15) is 53.8 Å². The largest absolute Gasteiger partial charge is 0.467 e. The molecule has 4 nitrogen and oxygen atoms in total. The molecule has 25 heavy (non-hydrogen) atoms. The molecule has 0 saturated heterocycles. The maximum atomic E-state index is 12.7. The maximum absolute atomic E-state index is 12.7. The fraction of sp³-hybridized carbons (Fsp3) is 0.421. The van der Waals surface area contributed by atoms with Crippen LogP contribution in [0.3, 0.4) is 0 Å². The molecular weight excluding hydrogens is 404 g/mol. The summed E-state index contributed by atoms with van der Waals surface area (Å²) in [7, 11) is 0. The Hall–Kier alpha value is -1.30. The Morgan fingerprint density at radius 3 is 2.48 bits per heavy atom. The second kappa shape index (κ2) is 8.88. The topological polar surface area (TPSA) is 68.3 Å². The Labute approximate surface area is 163 Å². The summed E-state index contributed by atoms with van der Waals surface area (Å²) >= 11 is 3.47. The third-order valence-electron chi connectivity index (χ3n) is 4.76. The van der Waals surface area contributed by atoms with Crippen molar-refractivity contribution in [3.8, 4) is 0 Å². The van der Waals surface area contributed by atoms with Gasteiger partial charge in [-0.05, 0) is 43.0 Å². The molecule has 1 fully saturated rings. The molecule has 2 aromatic rings. The summed E-state index contributed by atoms with van der Waals surface area (Å²) in [5, 5.41) is 3.30. The monoisotopic (exact) mass is 426 g/mol. The van der Waals surface area contributed by atoms with Crippen molar-refractivity contribution in [1.29, 1.82) is 0 Å². The van der Waals surface area contributed by atoms with E-state index in [4.69, 9.17) is 10.2 Å². The van der Waals surface area contributed by atoms with E-state index < -0.39 is 0 Å². The lowest BCUT2D eigenvalue weighted by Crippen LogP contribution is -2.51. The van der Waals surface area contributed by atoms with E-state index in [1.165, 1.54) is 18.2 Å². The summed E-state index contributed by atoms with van der Waals surface area (Å²) in [6.45, 7) is 0.303. The first-order chi connectivity index (χ1) is 11.6. The van der Waals surface area contributed by atoms with Crippen LogP contribution in [0.15, 0.2) is 45.5 Å². The Kier molecular flexibility index (Phi) is 7.11. The Bertz CT molecular complexity index is 694. The van der Waals surface area contributed by atoms with Gasteiger partial charge in [-0.1, -0.05) is 47.3 Å². The molecule has 1 aromatic heterocycles. The van der Waals surface area contributed by atoms with Gasteiger partial charge < -0.3 is 15.5 Å². The van der Waals surface area contributed by atoms with E-state index in [9.17, 15) is 4.79 Å². The van der Waals surface area contributed by atoms with Gasteiger partial charge in [0.2, 0.25) is 0 Å². The Morgan fingerprint density at radius 2 is 1.88 bits per heavy atom. The van der Waals surface area contributed by atoms with Crippen molar-refractivity contribution < 1.29 is 9.21 Å². The maximum Gasteiger partial charge on any atom is 0.254 e. The summed E-state index contributed by atoms with van der Waals surface area (Å²) in [5.74, 6) is 0.559. The van der Waals surface area contributed by atoms with E-state index in [0.29, 0.717) is 17.9 Å². The molecule has 1 saturated carbocycles. The van der Waals surface area contributed by atoms with Crippen LogP contribution < -0.4 is 11.1 Å². The van der Waals surface area contributed by atoms with Crippen molar-refractivity contribution >= 4 is 34.2 Å². The molecule has 3 N–H and O–H groups in total. The fourth-order valence-corrected chi connectivity index (χ4v) is 3.75. The SMILES string of the molecule is Cl.NCc1cc(C(=O)NC2(Cc3ccc(Br)cc3)CCCCC2)co1. The van der Waals surface area contributed by atoms with E-state index >= 15 is 0 Å². The summed E-state index contributed by atoms with van der Waals surface area (Å²) in [6, 6.07) is 10.1. The predicted molar refractivity (Wildman–Crippen MR) is 105 cm³/mol. The molecule has 1 aliphatic carbocycles. The number of benzene rings is 1. The highest BCUT2D eigenvalue weighted by molar-refractivity contribution is 9.10. The summed E-state index contributed by atoms with van der Waals surface area (Å²) in [4.78, 5) is 12.7. The summed E-state index contributed by atoms with van der Waals surface area (Å²) in [6.07, 6.45) is 7.90. The van der Waals surface area contributed by atoms with Crippen LogP contribution >= 0.6 is 28.3 Å². The van der Waals surface area contributed by atoms with E-state index in [1.807, 2.05) is 0 Å². The van der Waals surface area contributed by atoms with E-state index in [-0.39, 0.29) is 23.9 Å². The Balaban J connectivity index is 0.00000225. The average Bonchev–Trinajstić information content (AvgIpc) is 3.07. The number of rotatable bonds is 5. The highest BCUT2D eigenvalue weighted by Gasteiger charge is 2.34. The van der Waals surface area contributed by atoms with Crippen molar-refractivity contribution in [2.45, 2.75) is 50.6 Å². The van der Waals surface area contributed by atoms with Crippen molar-refractivity contribution in [2.75, 3.05) is 0 Å². The standard InChI is InChI=1S/C19H23BrN2O2.ClH/c20-16-6-4-14(5-7-16)11-19(8-2-1-3-9-19)22-18(23)15-10-17(12-21)24-13-15;/h4-7,10,13H,1-3,8-9,11-12,21H2,(H,22,23);1H. The van der Waals surface area contributed by atoms with Crippen LogP contribution in [0.5, 0.6) is 0 Å². The van der Waals surface area contributed by atoms with Crippen LogP contribution in [-0.4, -0.2) is 11.4 Å². The molecule has 1 amide bonds. The predicted octanol–water partition coefficient (Wildman–Crippen LogP) is 4.60. The zero-order valence-electron chi connectivity index (χ0n) is 14.1. The van der Waals surface area contributed by atoms with Gasteiger partial charge in [0.15, 0.2) is 0 Å². The van der Waals surface area contributed by atoms with Gasteiger partial charge in [0.05, 0.1) is 12.1 Å². The molecule has 136 valence electrons. The Morgan fingerprint density at radius 1 is 1.20 bits per heavy atom. The highest BCUT2D eigenvalue weighted by Crippen LogP contribution is 2.32. The molecule has 0 spiro atoms. The molecule has 0 aliphatic heterocycles. The van der Waals surface area contributed by atoms with Gasteiger partial charge in [-0.15, -0.1) is 12.4 Å². The quantitative estimate of drug-likeness (QED) is 0.733. The van der Waals surface area contributed by atoms with Crippen LogP contribution in [0, 0.1) is 0 Å². The minimum atomic E-state index is -0.177. The fourth-order valence-electron chi connectivity index (χ4n) is 3.49. The van der Waals surface area contributed by atoms with Gasteiger partial charge in [-0.25, -0.2) is 0 Å². The second-order valence-electron chi connectivity index (χ2n) is 6.60. The molecule has 0 atom stereocenters. The van der Waals surface area contributed by atoms with Crippen LogP contribution in [-0.2, 0) is 13.0 Å². The molecule has 6 heteroatoms. The van der Waals surface area contributed by atoms with Crippen LogP contribution in [0.25, 0.3) is 0 Å². The molecule has 1 aromatic carbocycles. The number of nitrogens with one attached hydrogen (secondary N) is 1. The first kappa shape index (κ1) is 20.0. The van der Waals surface area contributed by atoms with Gasteiger partial charge in [0.25, 0.3) is 5.91 Å². The van der Waals surface area contributed by atoms with Gasteiger partial charge in [-0.3, -0.25) is 4.79 Å². The number of carbonyl (C=O) groups excluding carboxylic acids is 1. The van der Waals surface area contributed by atoms with Gasteiger partial charge >= 0.3 is 0 Å². The van der Waals surface area contributed by atoms with Crippen LogP contribution in [0.4, 0.5) is 0 Å². The minimum absolute atomic E-state index is 0. The van der Waals surface area contributed by atoms with Crippen molar-refractivity contribution in [3.05, 3.63) is 58.0 Å². The molecular formula is C19H24BrClN2O2. The molecule has 1 heterocycles. The normalized spacial score (nSPS) is 16.1. The minimum Gasteiger partial charge on any atom is -0.467 e. The van der Waals surface area contributed by atoms with E-state index in [1.54, 1.807) is 6.07 Å². The number of hydrogen-bond donors (Lipinski definition) is 2. The molecule has 0 bridgehead atoms. The third-order valence-corrected chi connectivity index (χ3v) is 5.29. The van der Waals surface area contributed by atoms with E-state index in [0.717, 1.165) is 36.6 Å². The van der Waals surface area contributed by atoms with Crippen LogP contribution in [0.2, 0.25) is 0 Å². The van der Waals surface area contributed by atoms with Gasteiger partial charge in [-0.2, -0.15) is 0 Å². The van der Waals surface area contributed by atoms with Crippen molar-refractivity contribution in [2.24, 2.45) is 5.73 Å². The first-order valence-electron chi connectivity index (χ1n) is 8.45. The number of amides is 1. The molecule has 0 radical (unpaired) electrons. The number of furan rings is 1. The summed E-state index contributed by atoms with van der Waals surface area (Å²) < 4.78 is 6.37. The van der Waals surface area contributed by atoms with Crippen molar-refractivity contribution in [3.63, 3.8) is 0 Å². The lowest BCUT2D eigenvalue weighted by atomic mass is 9.77. The lowest BCUT2D eigenvalue weighted by molar-refractivity contribution is 0.0867. The number of halogens is 2. The number of hydrogen-bond acceptors (Lipinski definition) is 3. The zero-order chi connectivity index (χ0) is 17.0. The van der Waals surface area contributed by atoms with Gasteiger partial charge in [0.1, 0.15) is 12.0 Å². The number of carbonyl (C=O) groups is 1. The van der Waals surface area contributed by atoms with Crippen molar-refractivity contribution in [1.82, 2.24) is 5.32 Å². The lowest BCUT2D eigenvalue weighted by Gasteiger charge is -2.38. The smallest absolute Gasteiger partial charge is 0.254 e. The highest BCUT2D eigenvalue weighted by atomic mass is 79.9. The van der Waals surface area contributed by atoms with Gasteiger partial charge in [0, 0.05) is 10.0 Å². The first-order valence-corrected chi connectivity index (χ1v) is 9.24. The zero-order valence-corrected chi connectivity index (χ0v) is 16.5. The summed E-state index contributed by atoms with van der Waals surface area (Å²) in [5.41, 5.74) is 7.18. The third kappa shape index (κ3) is 5.09. The second-order valence-corrected chi connectivity index (χ2v) is 7.52. The number of nitrogens with two attached hydrogens (primary N) is 1. The molecule has 0 unspecified atom stereocenters. The average molecular weight is 428 g/mol. The molecule has 1 aliphatic rings. The molecule has 3 rings (SSSR count).